The largest absolute Gasteiger partial charge is 0.467 e. The second kappa shape index (κ2) is 10.6. The smallest absolute Gasteiger partial charge is 0.243 e. The van der Waals surface area contributed by atoms with Gasteiger partial charge in [-0.25, -0.2) is 13.1 Å². The Balaban J connectivity index is 2.21. The first-order chi connectivity index (χ1) is 14.6. The minimum absolute atomic E-state index is 0.0530. The van der Waals surface area contributed by atoms with Gasteiger partial charge in [-0.3, -0.25) is 9.59 Å². The van der Waals surface area contributed by atoms with Crippen LogP contribution in [0.3, 0.4) is 0 Å². The van der Waals surface area contributed by atoms with Crippen molar-refractivity contribution in [3.63, 3.8) is 0 Å². The van der Waals surface area contributed by atoms with Gasteiger partial charge in [-0.1, -0.05) is 32.0 Å². The van der Waals surface area contributed by atoms with Crippen molar-refractivity contribution in [3.8, 4) is 0 Å². The molecule has 9 heteroatoms. The number of nitrogens with one attached hydrogen (secondary N) is 2. The predicted octanol–water partition coefficient (Wildman–Crippen LogP) is 2.67. The molecule has 0 spiro atoms. The summed E-state index contributed by atoms with van der Waals surface area (Å²) in [5, 5.41) is 2.97. The molecule has 2 rings (SSSR count). The fourth-order valence-corrected chi connectivity index (χ4v) is 3.93. The molecule has 0 aliphatic rings. The number of carbonyl (C=O) groups excluding carboxylic acids is 2. The first-order valence-corrected chi connectivity index (χ1v) is 11.8. The molecule has 0 bridgehead atoms. The zero-order chi connectivity index (χ0) is 23.1. The van der Waals surface area contributed by atoms with E-state index in [0.29, 0.717) is 12.2 Å². The van der Waals surface area contributed by atoms with Crippen LogP contribution in [0.15, 0.2) is 58.0 Å². The van der Waals surface area contributed by atoms with Crippen LogP contribution < -0.4 is 10.0 Å². The van der Waals surface area contributed by atoms with Gasteiger partial charge in [0, 0.05) is 5.54 Å². The standard InChI is InChI=1S/C22H31N3O5S/c1-5-19(21(27)24-22(3,4)6-2)25(16-17-11-10-14-30-17)20(26)15-23-31(28,29)18-12-8-7-9-13-18/h7-14,19,23H,5-6,15-16H2,1-4H3,(H,24,27). The highest BCUT2D eigenvalue weighted by Crippen LogP contribution is 2.16. The lowest BCUT2D eigenvalue weighted by Crippen LogP contribution is -2.55. The molecule has 1 aromatic heterocycles. The van der Waals surface area contributed by atoms with Crippen molar-refractivity contribution in [2.75, 3.05) is 6.54 Å². The fourth-order valence-electron chi connectivity index (χ4n) is 2.94. The van der Waals surface area contributed by atoms with Gasteiger partial charge in [0.15, 0.2) is 0 Å². The van der Waals surface area contributed by atoms with Crippen molar-refractivity contribution in [2.24, 2.45) is 0 Å². The number of rotatable bonds is 11. The van der Waals surface area contributed by atoms with E-state index in [4.69, 9.17) is 4.42 Å². The Bertz CT molecular complexity index is 956. The second-order valence-corrected chi connectivity index (χ2v) is 9.66. The molecule has 0 aliphatic heterocycles. The SMILES string of the molecule is CCC(C(=O)NC(C)(C)CC)N(Cc1ccco1)C(=O)CNS(=O)(=O)c1ccccc1. The molecule has 0 saturated heterocycles. The van der Waals surface area contributed by atoms with E-state index in [1.54, 1.807) is 37.3 Å². The Morgan fingerprint density at radius 1 is 1.10 bits per heavy atom. The van der Waals surface area contributed by atoms with Gasteiger partial charge < -0.3 is 14.6 Å². The zero-order valence-corrected chi connectivity index (χ0v) is 19.2. The number of hydrogen-bond acceptors (Lipinski definition) is 5. The molecule has 1 atom stereocenters. The lowest BCUT2D eigenvalue weighted by atomic mass is 10.0. The first-order valence-electron chi connectivity index (χ1n) is 10.3. The Hall–Kier alpha value is -2.65. The molecule has 0 aliphatic carbocycles. The summed E-state index contributed by atoms with van der Waals surface area (Å²) in [6, 6.07) is 10.4. The first kappa shape index (κ1) is 24.6. The van der Waals surface area contributed by atoms with E-state index < -0.39 is 34.1 Å². The van der Waals surface area contributed by atoms with Crippen LogP contribution in [0.4, 0.5) is 0 Å². The summed E-state index contributed by atoms with van der Waals surface area (Å²) in [6.07, 6.45) is 2.57. The maximum atomic E-state index is 13.1. The molecule has 0 radical (unpaired) electrons. The van der Waals surface area contributed by atoms with Gasteiger partial charge in [-0.15, -0.1) is 0 Å². The lowest BCUT2D eigenvalue weighted by molar-refractivity contribution is -0.141. The van der Waals surface area contributed by atoms with Gasteiger partial charge >= 0.3 is 0 Å². The van der Waals surface area contributed by atoms with Crippen LogP contribution in [0.25, 0.3) is 0 Å². The number of benzene rings is 1. The van der Waals surface area contributed by atoms with Crippen LogP contribution in [-0.4, -0.2) is 43.3 Å². The third kappa shape index (κ3) is 6.93. The number of carbonyl (C=O) groups is 2. The quantitative estimate of drug-likeness (QED) is 0.548. The molecule has 31 heavy (non-hydrogen) atoms. The highest BCUT2D eigenvalue weighted by atomic mass is 32.2. The third-order valence-electron chi connectivity index (χ3n) is 5.10. The summed E-state index contributed by atoms with van der Waals surface area (Å²) in [4.78, 5) is 27.5. The number of amides is 2. The average molecular weight is 450 g/mol. The molecular weight excluding hydrogens is 418 g/mol. The molecule has 0 saturated carbocycles. The Labute approximate surface area is 184 Å². The molecule has 170 valence electrons. The van der Waals surface area contributed by atoms with Gasteiger partial charge in [-0.2, -0.15) is 0 Å². The van der Waals surface area contributed by atoms with Crippen molar-refractivity contribution < 1.29 is 22.4 Å². The summed E-state index contributed by atoms with van der Waals surface area (Å²) >= 11 is 0. The van der Waals surface area contributed by atoms with Gasteiger partial charge in [-0.05, 0) is 51.0 Å². The number of hydrogen-bond donors (Lipinski definition) is 2. The van der Waals surface area contributed by atoms with Gasteiger partial charge in [0.05, 0.1) is 24.2 Å². The van der Waals surface area contributed by atoms with E-state index in [2.05, 4.69) is 10.0 Å². The second-order valence-electron chi connectivity index (χ2n) is 7.89. The fraction of sp³-hybridized carbons (Fsp3) is 0.455. The number of nitrogens with zero attached hydrogens (tertiary/aromatic N) is 1. The van der Waals surface area contributed by atoms with E-state index in [0.717, 1.165) is 6.42 Å². The summed E-state index contributed by atoms with van der Waals surface area (Å²) in [5.74, 6) is -0.312. The number of sulfonamides is 1. The zero-order valence-electron chi connectivity index (χ0n) is 18.4. The van der Waals surface area contributed by atoms with Crippen LogP contribution in [0.1, 0.15) is 46.3 Å². The average Bonchev–Trinajstić information content (AvgIpc) is 3.25. The molecule has 1 heterocycles. The molecular formula is C22H31N3O5S. The molecule has 2 aromatic rings. The maximum absolute atomic E-state index is 13.1. The van der Waals surface area contributed by atoms with E-state index >= 15 is 0 Å². The molecule has 0 fully saturated rings. The van der Waals surface area contributed by atoms with Crippen LogP contribution in [0.2, 0.25) is 0 Å². The third-order valence-corrected chi connectivity index (χ3v) is 6.52. The van der Waals surface area contributed by atoms with Gasteiger partial charge in [0.25, 0.3) is 0 Å². The summed E-state index contributed by atoms with van der Waals surface area (Å²) < 4.78 is 32.7. The van der Waals surface area contributed by atoms with Crippen LogP contribution in [-0.2, 0) is 26.2 Å². The topological polar surface area (TPSA) is 109 Å². The molecule has 8 nitrogen and oxygen atoms in total. The van der Waals surface area contributed by atoms with E-state index in [1.807, 2.05) is 20.8 Å². The van der Waals surface area contributed by atoms with Crippen molar-refractivity contribution in [1.29, 1.82) is 0 Å². The van der Waals surface area contributed by atoms with E-state index in [9.17, 15) is 18.0 Å². The molecule has 1 unspecified atom stereocenters. The van der Waals surface area contributed by atoms with Crippen LogP contribution in [0, 0.1) is 0 Å². The summed E-state index contributed by atoms with van der Waals surface area (Å²) in [5.41, 5.74) is -0.432. The summed E-state index contributed by atoms with van der Waals surface area (Å²) in [6.45, 7) is 7.16. The minimum Gasteiger partial charge on any atom is -0.467 e. The van der Waals surface area contributed by atoms with Crippen LogP contribution in [0.5, 0.6) is 0 Å². The van der Waals surface area contributed by atoms with Crippen molar-refractivity contribution in [3.05, 3.63) is 54.5 Å². The Morgan fingerprint density at radius 3 is 2.32 bits per heavy atom. The highest BCUT2D eigenvalue weighted by molar-refractivity contribution is 7.89. The predicted molar refractivity (Wildman–Crippen MR) is 117 cm³/mol. The highest BCUT2D eigenvalue weighted by Gasteiger charge is 2.32. The van der Waals surface area contributed by atoms with E-state index in [1.165, 1.54) is 23.3 Å². The van der Waals surface area contributed by atoms with Gasteiger partial charge in [0.1, 0.15) is 11.8 Å². The van der Waals surface area contributed by atoms with Crippen molar-refractivity contribution >= 4 is 21.8 Å². The Kier molecular flexibility index (Phi) is 8.41. The van der Waals surface area contributed by atoms with E-state index in [-0.39, 0.29) is 17.3 Å². The van der Waals surface area contributed by atoms with Crippen molar-refractivity contribution in [2.45, 2.75) is 63.6 Å². The van der Waals surface area contributed by atoms with Crippen LogP contribution >= 0.6 is 0 Å². The van der Waals surface area contributed by atoms with Gasteiger partial charge in [0.2, 0.25) is 21.8 Å². The lowest BCUT2D eigenvalue weighted by Gasteiger charge is -2.33. The molecule has 2 amide bonds. The normalized spacial score (nSPS) is 12.9. The maximum Gasteiger partial charge on any atom is 0.243 e. The molecule has 2 N–H and O–H groups in total. The molecule has 1 aromatic carbocycles. The monoisotopic (exact) mass is 449 g/mol. The Morgan fingerprint density at radius 2 is 1.77 bits per heavy atom. The number of furan rings is 1. The van der Waals surface area contributed by atoms with Crippen molar-refractivity contribution in [1.82, 2.24) is 14.9 Å². The summed E-state index contributed by atoms with van der Waals surface area (Å²) in [7, 11) is -3.86. The minimum atomic E-state index is -3.86.